The molecule has 108 valence electrons. The molecular formula is C15H10ClN5O. The van der Waals surface area contributed by atoms with Gasteiger partial charge in [0.25, 0.3) is 5.56 Å². The first kappa shape index (κ1) is 13.0. The molecule has 6 nitrogen and oxygen atoms in total. The van der Waals surface area contributed by atoms with Gasteiger partial charge in [-0.25, -0.2) is 9.67 Å². The zero-order valence-electron chi connectivity index (χ0n) is 11.3. The third-order valence-corrected chi connectivity index (χ3v) is 3.63. The zero-order chi connectivity index (χ0) is 15.1. The Hall–Kier alpha value is -2.73. The van der Waals surface area contributed by atoms with E-state index in [9.17, 15) is 4.79 Å². The summed E-state index contributed by atoms with van der Waals surface area (Å²) in [5.41, 5.74) is 1.89. The Balaban J connectivity index is 1.78. The summed E-state index contributed by atoms with van der Waals surface area (Å²) in [5.74, 6) is 0. The highest BCUT2D eigenvalue weighted by Gasteiger charge is 2.08. The fraction of sp³-hybridized carbons (Fsp3) is 0.0667. The van der Waals surface area contributed by atoms with Crippen molar-refractivity contribution < 1.29 is 0 Å². The van der Waals surface area contributed by atoms with E-state index < -0.39 is 0 Å². The number of nitrogens with zero attached hydrogens (tertiary/aromatic N) is 5. The molecule has 4 aromatic rings. The lowest BCUT2D eigenvalue weighted by Crippen LogP contribution is -2.24. The predicted molar refractivity (Wildman–Crippen MR) is 83.1 cm³/mol. The second-order valence-corrected chi connectivity index (χ2v) is 5.35. The lowest BCUT2D eigenvalue weighted by atomic mass is 10.2. The molecule has 3 heterocycles. The SMILES string of the molecule is O=c1c2ccccc2nnn1Cc1cn2cc(Cl)ccc2n1. The molecule has 0 bridgehead atoms. The molecule has 0 N–H and O–H groups in total. The Morgan fingerprint density at radius 2 is 1.95 bits per heavy atom. The molecule has 0 saturated heterocycles. The van der Waals surface area contributed by atoms with Crippen LogP contribution in [0.15, 0.2) is 53.6 Å². The third kappa shape index (κ3) is 2.14. The van der Waals surface area contributed by atoms with Crippen LogP contribution in [0.5, 0.6) is 0 Å². The monoisotopic (exact) mass is 311 g/mol. The van der Waals surface area contributed by atoms with Gasteiger partial charge in [-0.3, -0.25) is 4.79 Å². The van der Waals surface area contributed by atoms with Crippen LogP contribution in [-0.4, -0.2) is 24.4 Å². The maximum atomic E-state index is 12.4. The van der Waals surface area contributed by atoms with E-state index in [-0.39, 0.29) is 12.1 Å². The van der Waals surface area contributed by atoms with Gasteiger partial charge in [-0.2, -0.15) is 0 Å². The van der Waals surface area contributed by atoms with Crippen molar-refractivity contribution in [1.29, 1.82) is 0 Å². The summed E-state index contributed by atoms with van der Waals surface area (Å²) in [5, 5.41) is 9.20. The van der Waals surface area contributed by atoms with Crippen LogP contribution in [0.1, 0.15) is 5.69 Å². The predicted octanol–water partition coefficient (Wildman–Crippen LogP) is 2.14. The lowest BCUT2D eigenvalue weighted by molar-refractivity contribution is 0.594. The van der Waals surface area contributed by atoms with E-state index in [2.05, 4.69) is 15.3 Å². The molecule has 0 saturated carbocycles. The highest BCUT2D eigenvalue weighted by molar-refractivity contribution is 6.30. The van der Waals surface area contributed by atoms with Crippen molar-refractivity contribution in [3.05, 3.63) is 69.9 Å². The number of hydrogen-bond acceptors (Lipinski definition) is 4. The first-order valence-corrected chi connectivity index (χ1v) is 7.04. The third-order valence-electron chi connectivity index (χ3n) is 3.41. The summed E-state index contributed by atoms with van der Waals surface area (Å²) < 4.78 is 3.13. The highest BCUT2D eigenvalue weighted by Crippen LogP contribution is 2.12. The number of fused-ring (bicyclic) bond motifs is 2. The molecule has 1 aromatic carbocycles. The number of hydrogen-bond donors (Lipinski definition) is 0. The normalized spacial score (nSPS) is 11.3. The van der Waals surface area contributed by atoms with Crippen molar-refractivity contribution in [3.8, 4) is 0 Å². The first-order chi connectivity index (χ1) is 10.7. The standard InChI is InChI=1S/C15H10ClN5O/c16-10-5-6-14-17-11(8-20(14)7-10)9-21-15(22)12-3-1-2-4-13(12)18-19-21/h1-8H,9H2. The van der Waals surface area contributed by atoms with Gasteiger partial charge in [-0.1, -0.05) is 28.9 Å². The van der Waals surface area contributed by atoms with Crippen LogP contribution in [-0.2, 0) is 6.54 Å². The lowest BCUT2D eigenvalue weighted by Gasteiger charge is -2.02. The van der Waals surface area contributed by atoms with Crippen LogP contribution in [0.4, 0.5) is 0 Å². The van der Waals surface area contributed by atoms with Gasteiger partial charge in [-0.15, -0.1) is 5.10 Å². The van der Waals surface area contributed by atoms with E-state index >= 15 is 0 Å². The van der Waals surface area contributed by atoms with E-state index in [0.717, 1.165) is 5.65 Å². The summed E-state index contributed by atoms with van der Waals surface area (Å²) in [6.45, 7) is 0.260. The van der Waals surface area contributed by atoms with Crippen molar-refractivity contribution in [2.75, 3.05) is 0 Å². The minimum absolute atomic E-state index is 0.180. The highest BCUT2D eigenvalue weighted by atomic mass is 35.5. The minimum Gasteiger partial charge on any atom is -0.305 e. The van der Waals surface area contributed by atoms with Gasteiger partial charge in [0.1, 0.15) is 11.2 Å². The number of pyridine rings is 1. The van der Waals surface area contributed by atoms with Crippen LogP contribution in [0.3, 0.4) is 0 Å². The summed E-state index contributed by atoms with van der Waals surface area (Å²) >= 11 is 5.95. The second kappa shape index (κ2) is 4.92. The van der Waals surface area contributed by atoms with Crippen molar-refractivity contribution >= 4 is 28.2 Å². The molecule has 0 radical (unpaired) electrons. The molecule has 0 atom stereocenters. The Morgan fingerprint density at radius 1 is 1.09 bits per heavy atom. The summed E-state index contributed by atoms with van der Waals surface area (Å²) in [6, 6.07) is 10.7. The molecular weight excluding hydrogens is 302 g/mol. The Kier molecular flexibility index (Phi) is 2.90. The molecule has 7 heteroatoms. The van der Waals surface area contributed by atoms with Gasteiger partial charge in [0.2, 0.25) is 0 Å². The Morgan fingerprint density at radius 3 is 2.86 bits per heavy atom. The van der Waals surface area contributed by atoms with Crippen LogP contribution in [0, 0.1) is 0 Å². The molecule has 22 heavy (non-hydrogen) atoms. The van der Waals surface area contributed by atoms with Crippen molar-refractivity contribution in [2.24, 2.45) is 0 Å². The molecule has 0 aliphatic heterocycles. The molecule has 0 unspecified atom stereocenters. The largest absolute Gasteiger partial charge is 0.305 e. The fourth-order valence-electron chi connectivity index (χ4n) is 2.37. The quantitative estimate of drug-likeness (QED) is 0.569. The minimum atomic E-state index is -0.180. The average molecular weight is 312 g/mol. The zero-order valence-corrected chi connectivity index (χ0v) is 12.1. The van der Waals surface area contributed by atoms with E-state index in [4.69, 9.17) is 11.6 Å². The van der Waals surface area contributed by atoms with Gasteiger partial charge < -0.3 is 4.40 Å². The topological polar surface area (TPSA) is 65.1 Å². The molecule has 0 aliphatic carbocycles. The fourth-order valence-corrected chi connectivity index (χ4v) is 2.54. The van der Waals surface area contributed by atoms with E-state index in [1.165, 1.54) is 4.68 Å². The number of imidazole rings is 1. The molecule has 3 aromatic heterocycles. The Labute approximate surface area is 129 Å². The molecule has 0 amide bonds. The van der Waals surface area contributed by atoms with E-state index in [1.54, 1.807) is 24.4 Å². The number of aromatic nitrogens is 5. The number of benzene rings is 1. The van der Waals surface area contributed by atoms with Crippen LogP contribution < -0.4 is 5.56 Å². The van der Waals surface area contributed by atoms with Crippen molar-refractivity contribution in [1.82, 2.24) is 24.4 Å². The number of rotatable bonds is 2. The molecule has 0 aliphatic rings. The summed E-state index contributed by atoms with van der Waals surface area (Å²) in [7, 11) is 0. The van der Waals surface area contributed by atoms with Crippen molar-refractivity contribution in [2.45, 2.75) is 6.54 Å². The van der Waals surface area contributed by atoms with Crippen LogP contribution in [0.2, 0.25) is 5.02 Å². The molecule has 0 spiro atoms. The van der Waals surface area contributed by atoms with Gasteiger partial charge in [0, 0.05) is 12.4 Å². The smallest absolute Gasteiger partial charge is 0.277 e. The van der Waals surface area contributed by atoms with Crippen molar-refractivity contribution in [3.63, 3.8) is 0 Å². The summed E-state index contributed by atoms with van der Waals surface area (Å²) in [6.07, 6.45) is 3.59. The van der Waals surface area contributed by atoms with Gasteiger partial charge in [-0.05, 0) is 24.3 Å². The number of halogens is 1. The Bertz CT molecular complexity index is 1050. The van der Waals surface area contributed by atoms with Crippen LogP contribution in [0.25, 0.3) is 16.6 Å². The first-order valence-electron chi connectivity index (χ1n) is 6.66. The van der Waals surface area contributed by atoms with Gasteiger partial charge in [0.05, 0.1) is 22.6 Å². The summed E-state index contributed by atoms with van der Waals surface area (Å²) in [4.78, 5) is 16.9. The van der Waals surface area contributed by atoms with Gasteiger partial charge >= 0.3 is 0 Å². The van der Waals surface area contributed by atoms with Gasteiger partial charge in [0.15, 0.2) is 0 Å². The molecule has 4 rings (SSSR count). The molecule has 0 fully saturated rings. The van der Waals surface area contributed by atoms with E-state index in [1.807, 2.05) is 28.8 Å². The second-order valence-electron chi connectivity index (χ2n) is 4.91. The maximum Gasteiger partial charge on any atom is 0.277 e. The maximum absolute atomic E-state index is 12.4. The van der Waals surface area contributed by atoms with Crippen LogP contribution >= 0.6 is 11.6 Å². The van der Waals surface area contributed by atoms with E-state index in [0.29, 0.717) is 21.6 Å². The average Bonchev–Trinajstić information content (AvgIpc) is 2.92.